The Labute approximate surface area is 107 Å². The van der Waals surface area contributed by atoms with Crippen LogP contribution in [-0.4, -0.2) is 30.9 Å². The summed E-state index contributed by atoms with van der Waals surface area (Å²) in [7, 11) is 1.89. The average Bonchev–Trinajstić information content (AvgIpc) is 2.84. The molecule has 4 heteroatoms. The third kappa shape index (κ3) is 2.05. The van der Waals surface area contributed by atoms with E-state index in [0.29, 0.717) is 17.9 Å². The number of rotatable bonds is 3. The zero-order valence-electron chi connectivity index (χ0n) is 10.8. The van der Waals surface area contributed by atoms with Crippen molar-refractivity contribution >= 4 is 5.91 Å². The normalized spacial score (nSPS) is 25.1. The highest BCUT2D eigenvalue weighted by Crippen LogP contribution is 2.59. The third-order valence-electron chi connectivity index (χ3n) is 4.46. The monoisotopic (exact) mass is 248 g/mol. The van der Waals surface area contributed by atoms with Crippen LogP contribution in [0.5, 0.6) is 0 Å². The second-order valence-corrected chi connectivity index (χ2v) is 5.69. The summed E-state index contributed by atoms with van der Waals surface area (Å²) in [5, 5.41) is 3.37. The van der Waals surface area contributed by atoms with Gasteiger partial charge in [0.05, 0.1) is 12.5 Å². The zero-order valence-corrected chi connectivity index (χ0v) is 10.8. The standard InChI is InChI=1S/C14H20N2O2/c1-16(9-11-2-7-18-10-11)13(17)12-8-14(12)3-5-15-6-4-14/h2,7,10,12,15H,3-6,8-9H2,1H3. The Morgan fingerprint density at radius 2 is 2.33 bits per heavy atom. The average molecular weight is 248 g/mol. The zero-order chi connectivity index (χ0) is 12.6. The Balaban J connectivity index is 1.58. The van der Waals surface area contributed by atoms with E-state index in [0.717, 1.165) is 37.9 Å². The molecule has 1 atom stereocenters. The van der Waals surface area contributed by atoms with Gasteiger partial charge in [-0.15, -0.1) is 0 Å². The molecule has 98 valence electrons. The van der Waals surface area contributed by atoms with Crippen LogP contribution in [0, 0.1) is 11.3 Å². The fourth-order valence-electron chi connectivity index (χ4n) is 3.17. The molecule has 0 radical (unpaired) electrons. The van der Waals surface area contributed by atoms with Crippen LogP contribution in [0.25, 0.3) is 0 Å². The molecule has 1 aliphatic carbocycles. The van der Waals surface area contributed by atoms with Crippen molar-refractivity contribution in [3.8, 4) is 0 Å². The molecule has 2 heterocycles. The van der Waals surface area contributed by atoms with Crippen LogP contribution in [0.15, 0.2) is 23.0 Å². The van der Waals surface area contributed by atoms with Crippen LogP contribution >= 0.6 is 0 Å². The van der Waals surface area contributed by atoms with Crippen LogP contribution in [0.4, 0.5) is 0 Å². The molecule has 1 unspecified atom stereocenters. The molecule has 4 nitrogen and oxygen atoms in total. The van der Waals surface area contributed by atoms with Gasteiger partial charge in [0.1, 0.15) is 0 Å². The second-order valence-electron chi connectivity index (χ2n) is 5.69. The fraction of sp³-hybridized carbons (Fsp3) is 0.643. The number of furan rings is 1. The molecule has 18 heavy (non-hydrogen) atoms. The number of nitrogens with one attached hydrogen (secondary N) is 1. The number of hydrogen-bond donors (Lipinski definition) is 1. The smallest absolute Gasteiger partial charge is 0.226 e. The lowest BCUT2D eigenvalue weighted by Crippen LogP contribution is -2.34. The first-order valence-corrected chi connectivity index (χ1v) is 6.68. The molecule has 0 bridgehead atoms. The number of carbonyl (C=O) groups is 1. The first kappa shape index (κ1) is 11.8. The lowest BCUT2D eigenvalue weighted by Gasteiger charge is -2.25. The maximum Gasteiger partial charge on any atom is 0.226 e. The lowest BCUT2D eigenvalue weighted by molar-refractivity contribution is -0.132. The highest BCUT2D eigenvalue weighted by atomic mass is 16.3. The lowest BCUT2D eigenvalue weighted by atomic mass is 9.91. The molecular formula is C14H20N2O2. The molecule has 1 N–H and O–H groups in total. The first-order chi connectivity index (χ1) is 8.71. The third-order valence-corrected chi connectivity index (χ3v) is 4.46. The summed E-state index contributed by atoms with van der Waals surface area (Å²) >= 11 is 0. The largest absolute Gasteiger partial charge is 0.472 e. The molecular weight excluding hydrogens is 228 g/mol. The van der Waals surface area contributed by atoms with Crippen molar-refractivity contribution in [1.82, 2.24) is 10.2 Å². The fourth-order valence-corrected chi connectivity index (χ4v) is 3.17. The summed E-state index contributed by atoms with van der Waals surface area (Å²) in [6.45, 7) is 2.78. The van der Waals surface area contributed by atoms with Gasteiger partial charge >= 0.3 is 0 Å². The van der Waals surface area contributed by atoms with E-state index in [1.807, 2.05) is 18.0 Å². The molecule has 1 aromatic rings. The highest BCUT2D eigenvalue weighted by Gasteiger charge is 2.58. The van der Waals surface area contributed by atoms with Gasteiger partial charge in [0.25, 0.3) is 0 Å². The van der Waals surface area contributed by atoms with Gasteiger partial charge in [0.15, 0.2) is 0 Å². The number of hydrogen-bond acceptors (Lipinski definition) is 3. The van der Waals surface area contributed by atoms with E-state index in [9.17, 15) is 4.79 Å². The van der Waals surface area contributed by atoms with E-state index in [1.54, 1.807) is 12.5 Å². The maximum atomic E-state index is 12.4. The van der Waals surface area contributed by atoms with Crippen molar-refractivity contribution in [3.05, 3.63) is 24.2 Å². The van der Waals surface area contributed by atoms with Crippen LogP contribution in [0.1, 0.15) is 24.8 Å². The minimum absolute atomic E-state index is 0.261. The van der Waals surface area contributed by atoms with Gasteiger partial charge < -0.3 is 14.6 Å². The summed E-state index contributed by atoms with van der Waals surface area (Å²) in [6, 6.07) is 1.91. The topological polar surface area (TPSA) is 45.5 Å². The van der Waals surface area contributed by atoms with Crippen molar-refractivity contribution in [1.29, 1.82) is 0 Å². The van der Waals surface area contributed by atoms with Crippen LogP contribution in [-0.2, 0) is 11.3 Å². The predicted octanol–water partition coefficient (Wildman–Crippen LogP) is 1.63. The van der Waals surface area contributed by atoms with E-state index in [2.05, 4.69) is 5.32 Å². The Bertz CT molecular complexity index is 421. The van der Waals surface area contributed by atoms with E-state index in [1.165, 1.54) is 0 Å². The van der Waals surface area contributed by atoms with Gasteiger partial charge in [0.2, 0.25) is 5.91 Å². The summed E-state index contributed by atoms with van der Waals surface area (Å²) in [5.41, 5.74) is 1.39. The van der Waals surface area contributed by atoms with E-state index in [-0.39, 0.29) is 5.92 Å². The van der Waals surface area contributed by atoms with E-state index in [4.69, 9.17) is 4.42 Å². The molecule has 1 saturated heterocycles. The van der Waals surface area contributed by atoms with Crippen molar-refractivity contribution in [2.45, 2.75) is 25.8 Å². The Kier molecular flexibility index (Phi) is 2.90. The maximum absolute atomic E-state index is 12.4. The Morgan fingerprint density at radius 3 is 3.00 bits per heavy atom. The molecule has 0 aromatic carbocycles. The van der Waals surface area contributed by atoms with Gasteiger partial charge in [-0.25, -0.2) is 0 Å². The predicted molar refractivity (Wildman–Crippen MR) is 67.8 cm³/mol. The van der Waals surface area contributed by atoms with Crippen molar-refractivity contribution < 1.29 is 9.21 Å². The quantitative estimate of drug-likeness (QED) is 0.884. The summed E-state index contributed by atoms with van der Waals surface area (Å²) < 4.78 is 5.03. The van der Waals surface area contributed by atoms with Crippen LogP contribution in [0.3, 0.4) is 0 Å². The van der Waals surface area contributed by atoms with Crippen molar-refractivity contribution in [3.63, 3.8) is 0 Å². The van der Waals surface area contributed by atoms with Crippen molar-refractivity contribution in [2.24, 2.45) is 11.3 Å². The summed E-state index contributed by atoms with van der Waals surface area (Å²) in [4.78, 5) is 14.2. The highest BCUT2D eigenvalue weighted by molar-refractivity contribution is 5.82. The van der Waals surface area contributed by atoms with E-state index < -0.39 is 0 Å². The molecule has 2 fully saturated rings. The molecule has 1 spiro atoms. The van der Waals surface area contributed by atoms with Gasteiger partial charge in [-0.2, -0.15) is 0 Å². The van der Waals surface area contributed by atoms with Gasteiger partial charge in [-0.3, -0.25) is 4.79 Å². The molecule has 2 aliphatic rings. The second kappa shape index (κ2) is 4.43. The molecule has 1 amide bonds. The van der Waals surface area contributed by atoms with E-state index >= 15 is 0 Å². The Hall–Kier alpha value is -1.29. The minimum atomic E-state index is 0.261. The van der Waals surface area contributed by atoms with Crippen LogP contribution < -0.4 is 5.32 Å². The molecule has 3 rings (SSSR count). The first-order valence-electron chi connectivity index (χ1n) is 6.68. The van der Waals surface area contributed by atoms with Gasteiger partial charge in [-0.1, -0.05) is 0 Å². The summed E-state index contributed by atoms with van der Waals surface area (Å²) in [6.07, 6.45) is 6.76. The van der Waals surface area contributed by atoms with Crippen molar-refractivity contribution in [2.75, 3.05) is 20.1 Å². The van der Waals surface area contributed by atoms with Crippen LogP contribution in [0.2, 0.25) is 0 Å². The number of carbonyl (C=O) groups excluding carboxylic acids is 1. The number of amides is 1. The van der Waals surface area contributed by atoms with Gasteiger partial charge in [0, 0.05) is 25.1 Å². The molecule has 1 saturated carbocycles. The number of piperidine rings is 1. The SMILES string of the molecule is CN(Cc1ccoc1)C(=O)C1CC12CCNCC2. The minimum Gasteiger partial charge on any atom is -0.472 e. The van der Waals surface area contributed by atoms with Gasteiger partial charge in [-0.05, 0) is 43.8 Å². The Morgan fingerprint density at radius 1 is 1.56 bits per heavy atom. The molecule has 1 aliphatic heterocycles. The molecule has 1 aromatic heterocycles. The number of nitrogens with zero attached hydrogens (tertiary/aromatic N) is 1. The summed E-state index contributed by atoms with van der Waals surface area (Å²) in [5.74, 6) is 0.564.